The summed E-state index contributed by atoms with van der Waals surface area (Å²) in [6, 6.07) is 9.13. The van der Waals surface area contributed by atoms with Crippen LogP contribution >= 0.6 is 0 Å². The third-order valence-corrected chi connectivity index (χ3v) is 8.94. The fourth-order valence-electron chi connectivity index (χ4n) is 6.40. The molecule has 0 aliphatic heterocycles. The molecule has 0 aromatic heterocycles. The van der Waals surface area contributed by atoms with E-state index < -0.39 is 63.8 Å². The van der Waals surface area contributed by atoms with Crippen molar-refractivity contribution in [3.63, 3.8) is 0 Å². The van der Waals surface area contributed by atoms with Gasteiger partial charge in [-0.15, -0.1) is 0 Å². The van der Waals surface area contributed by atoms with Gasteiger partial charge >= 0.3 is 12.3 Å². The van der Waals surface area contributed by atoms with Crippen molar-refractivity contribution in [2.45, 2.75) is 76.5 Å². The Morgan fingerprint density at radius 3 is 1.81 bits per heavy atom. The second kappa shape index (κ2) is 14.2. The van der Waals surface area contributed by atoms with E-state index in [9.17, 15) is 22.0 Å². The minimum absolute atomic E-state index is 0.151. The number of unbranched alkanes of at least 4 members (excludes halogenated alkanes) is 2. The fraction of sp³-hybridized carbons (Fsp3) is 0.351. The number of alkyl halides is 5. The molecule has 0 N–H and O–H groups in total. The van der Waals surface area contributed by atoms with E-state index >= 15 is 22.0 Å². The molecular formula is C37H32F10O. The zero-order chi connectivity index (χ0) is 34.8. The summed E-state index contributed by atoms with van der Waals surface area (Å²) in [6.07, 6.45) is -1.01. The molecule has 11 heteroatoms. The number of hydrogen-bond acceptors (Lipinski definition) is 1. The Hall–Kier alpha value is -4.02. The lowest BCUT2D eigenvalue weighted by Crippen LogP contribution is -2.25. The molecule has 0 amide bonds. The van der Waals surface area contributed by atoms with Crippen molar-refractivity contribution < 1.29 is 48.6 Å². The van der Waals surface area contributed by atoms with E-state index in [1.54, 1.807) is 6.07 Å². The molecule has 4 aromatic carbocycles. The molecule has 4 aromatic rings. The van der Waals surface area contributed by atoms with Crippen molar-refractivity contribution in [3.05, 3.63) is 113 Å². The Kier molecular flexibility index (Phi) is 10.5. The first-order chi connectivity index (χ1) is 22.7. The van der Waals surface area contributed by atoms with Gasteiger partial charge in [0, 0.05) is 17.2 Å². The predicted molar refractivity (Wildman–Crippen MR) is 162 cm³/mol. The summed E-state index contributed by atoms with van der Waals surface area (Å²) in [5, 5.41) is 0. The molecule has 256 valence electrons. The van der Waals surface area contributed by atoms with E-state index in [4.69, 9.17) is 0 Å². The van der Waals surface area contributed by atoms with Crippen LogP contribution in [0.4, 0.5) is 43.9 Å². The summed E-state index contributed by atoms with van der Waals surface area (Å²) in [6.45, 7) is 2.16. The molecule has 1 aliphatic rings. The highest BCUT2D eigenvalue weighted by molar-refractivity contribution is 5.67. The molecule has 0 atom stereocenters. The van der Waals surface area contributed by atoms with Crippen molar-refractivity contribution in [1.82, 2.24) is 0 Å². The van der Waals surface area contributed by atoms with E-state index in [-0.39, 0.29) is 22.6 Å². The summed E-state index contributed by atoms with van der Waals surface area (Å²) in [7, 11) is 0. The Labute approximate surface area is 271 Å². The minimum atomic E-state index is -4.99. The lowest BCUT2D eigenvalue weighted by atomic mass is 9.77. The second-order valence-corrected chi connectivity index (χ2v) is 12.2. The Morgan fingerprint density at radius 2 is 1.23 bits per heavy atom. The fourth-order valence-corrected chi connectivity index (χ4v) is 6.40. The van der Waals surface area contributed by atoms with Gasteiger partial charge in [-0.1, -0.05) is 50.8 Å². The van der Waals surface area contributed by atoms with Crippen LogP contribution in [0.3, 0.4) is 0 Å². The molecule has 1 aliphatic carbocycles. The van der Waals surface area contributed by atoms with Crippen LogP contribution in [0.15, 0.2) is 66.7 Å². The number of ether oxygens (including phenoxy) is 1. The molecule has 0 saturated heterocycles. The van der Waals surface area contributed by atoms with Gasteiger partial charge in [-0.3, -0.25) is 0 Å². The largest absolute Gasteiger partial charge is 0.432 e. The Bertz CT molecular complexity index is 1730. The van der Waals surface area contributed by atoms with Gasteiger partial charge in [0.1, 0.15) is 40.4 Å². The van der Waals surface area contributed by atoms with Gasteiger partial charge in [0.2, 0.25) is 0 Å². The first-order valence-electron chi connectivity index (χ1n) is 15.7. The molecule has 0 heterocycles. The predicted octanol–water partition coefficient (Wildman–Crippen LogP) is 12.7. The number of benzene rings is 4. The van der Waals surface area contributed by atoms with Crippen molar-refractivity contribution in [2.75, 3.05) is 0 Å². The van der Waals surface area contributed by atoms with Crippen LogP contribution in [0.25, 0.3) is 22.3 Å². The van der Waals surface area contributed by atoms with Crippen LogP contribution in [0.1, 0.15) is 80.9 Å². The maximum Gasteiger partial charge on any atom is 0.432 e. The highest BCUT2D eigenvalue weighted by Crippen LogP contribution is 2.41. The van der Waals surface area contributed by atoms with Crippen LogP contribution in [0.2, 0.25) is 0 Å². The summed E-state index contributed by atoms with van der Waals surface area (Å²) >= 11 is 0. The average molecular weight is 683 g/mol. The summed E-state index contributed by atoms with van der Waals surface area (Å²) in [5.41, 5.74) is -3.87. The lowest BCUT2D eigenvalue weighted by Gasteiger charge is -2.29. The maximum atomic E-state index is 15.2. The molecule has 1 fully saturated rings. The van der Waals surface area contributed by atoms with Gasteiger partial charge in [0.15, 0.2) is 0 Å². The van der Waals surface area contributed by atoms with Crippen molar-refractivity contribution in [1.29, 1.82) is 0 Å². The van der Waals surface area contributed by atoms with Crippen molar-refractivity contribution in [3.8, 4) is 28.0 Å². The zero-order valence-corrected chi connectivity index (χ0v) is 25.9. The molecule has 1 saturated carbocycles. The first kappa shape index (κ1) is 35.3. The van der Waals surface area contributed by atoms with E-state index in [1.165, 1.54) is 31.4 Å². The smallest absolute Gasteiger partial charge is 0.429 e. The Balaban J connectivity index is 1.31. The number of rotatable bonds is 10. The molecular weight excluding hydrogens is 650 g/mol. The van der Waals surface area contributed by atoms with Crippen LogP contribution in [-0.2, 0) is 12.3 Å². The lowest BCUT2D eigenvalue weighted by molar-refractivity contribution is -0.189. The van der Waals surface area contributed by atoms with Crippen molar-refractivity contribution >= 4 is 0 Å². The Morgan fingerprint density at radius 1 is 0.625 bits per heavy atom. The molecule has 0 bridgehead atoms. The van der Waals surface area contributed by atoms with E-state index in [1.807, 2.05) is 0 Å². The molecule has 0 spiro atoms. The first-order valence-corrected chi connectivity index (χ1v) is 15.7. The highest BCUT2D eigenvalue weighted by Gasteiger charge is 2.41. The van der Waals surface area contributed by atoms with Gasteiger partial charge in [-0.25, -0.2) is 22.0 Å². The quantitative estimate of drug-likeness (QED) is 0.120. The van der Waals surface area contributed by atoms with Crippen LogP contribution in [0, 0.1) is 35.0 Å². The van der Waals surface area contributed by atoms with Crippen molar-refractivity contribution in [2.24, 2.45) is 5.92 Å². The molecule has 0 unspecified atom stereocenters. The summed E-state index contributed by atoms with van der Waals surface area (Å²) in [4.78, 5) is 0. The molecule has 5 rings (SSSR count). The molecule has 0 radical (unpaired) electrons. The van der Waals surface area contributed by atoms with Crippen LogP contribution < -0.4 is 4.74 Å². The SMILES string of the molecule is CCCCCC1CCC(c2ccc(-c3cc(F)c(C(F)(F)Oc4ccc(-c5ccc(C(F)(F)F)c(F)c5)c(F)c4)c(F)c3)c(F)c2)CC1. The number of hydrogen-bond donors (Lipinski definition) is 0. The topological polar surface area (TPSA) is 9.23 Å². The zero-order valence-electron chi connectivity index (χ0n) is 25.9. The van der Waals surface area contributed by atoms with E-state index in [0.29, 0.717) is 36.2 Å². The van der Waals surface area contributed by atoms with Gasteiger partial charge in [0.05, 0.1) is 5.56 Å². The highest BCUT2D eigenvalue weighted by atomic mass is 19.4. The number of halogens is 10. The van der Waals surface area contributed by atoms with Crippen LogP contribution in [-0.4, -0.2) is 0 Å². The van der Waals surface area contributed by atoms with Gasteiger partial charge in [-0.05, 0) is 96.7 Å². The van der Waals surface area contributed by atoms with Crippen LogP contribution in [0.5, 0.6) is 5.75 Å². The third kappa shape index (κ3) is 7.81. The second-order valence-electron chi connectivity index (χ2n) is 12.2. The summed E-state index contributed by atoms with van der Waals surface area (Å²) < 4.78 is 147. The normalized spacial score (nSPS) is 17.1. The molecule has 1 nitrogen and oxygen atoms in total. The van der Waals surface area contributed by atoms with Gasteiger partial charge in [0.25, 0.3) is 0 Å². The van der Waals surface area contributed by atoms with Gasteiger partial charge < -0.3 is 4.74 Å². The monoisotopic (exact) mass is 682 g/mol. The standard InChI is InChI=1S/C37H32F10O/c1-2-3-4-5-21-6-8-22(9-7-21)23-10-13-28(30(38)16-23)25-18-33(41)35(34(42)19-25)37(46,47)48-26-12-14-27(31(39)20-26)24-11-15-29(32(40)17-24)36(43,44)45/h10-22H,2-9H2,1H3. The summed E-state index contributed by atoms with van der Waals surface area (Å²) in [5.74, 6) is -7.26. The third-order valence-electron chi connectivity index (χ3n) is 8.94. The maximum absolute atomic E-state index is 15.2. The minimum Gasteiger partial charge on any atom is -0.429 e. The van der Waals surface area contributed by atoms with E-state index in [2.05, 4.69) is 11.7 Å². The average Bonchev–Trinajstić information content (AvgIpc) is 3.00. The molecule has 48 heavy (non-hydrogen) atoms. The van der Waals surface area contributed by atoms with Gasteiger partial charge in [-0.2, -0.15) is 22.0 Å². The van der Waals surface area contributed by atoms with E-state index in [0.717, 1.165) is 55.9 Å².